The highest BCUT2D eigenvalue weighted by atomic mass is 32.2. The van der Waals surface area contributed by atoms with Crippen molar-refractivity contribution >= 4 is 29.0 Å². The Balaban J connectivity index is 2.34. The number of rotatable bonds is 7. The van der Waals surface area contributed by atoms with Crippen LogP contribution in [-0.4, -0.2) is 29.2 Å². The molecule has 84 valence electrons. The highest BCUT2D eigenvalue weighted by molar-refractivity contribution is 8.01. The van der Waals surface area contributed by atoms with Gasteiger partial charge in [0.05, 0.1) is 6.04 Å². The Bertz CT molecular complexity index is 290. The number of amides is 1. The van der Waals surface area contributed by atoms with Gasteiger partial charge < -0.3 is 11.1 Å². The van der Waals surface area contributed by atoms with Crippen LogP contribution in [0.4, 0.5) is 0 Å². The predicted octanol–water partition coefficient (Wildman–Crippen LogP) is 1.09. The van der Waals surface area contributed by atoms with Gasteiger partial charge in [0.25, 0.3) is 0 Å². The summed E-state index contributed by atoms with van der Waals surface area (Å²) in [6, 6.07) is -0.265. The van der Waals surface area contributed by atoms with E-state index >= 15 is 0 Å². The Labute approximate surface area is 97.7 Å². The van der Waals surface area contributed by atoms with Crippen LogP contribution in [-0.2, 0) is 4.79 Å². The quantitative estimate of drug-likeness (QED) is 0.706. The Morgan fingerprint density at radius 1 is 1.80 bits per heavy atom. The molecule has 1 rings (SSSR count). The van der Waals surface area contributed by atoms with Gasteiger partial charge in [-0.2, -0.15) is 0 Å². The lowest BCUT2D eigenvalue weighted by Crippen LogP contribution is -2.43. The second-order valence-electron chi connectivity index (χ2n) is 3.02. The van der Waals surface area contributed by atoms with E-state index in [0.717, 1.165) is 17.3 Å². The zero-order valence-electron chi connectivity index (χ0n) is 8.60. The Hall–Kier alpha value is -0.590. The molecule has 1 aromatic rings. The van der Waals surface area contributed by atoms with Gasteiger partial charge in [0.1, 0.15) is 4.34 Å². The van der Waals surface area contributed by atoms with Crippen molar-refractivity contribution < 1.29 is 4.79 Å². The van der Waals surface area contributed by atoms with Gasteiger partial charge in [-0.15, -0.1) is 11.3 Å². The van der Waals surface area contributed by atoms with Gasteiger partial charge in [0.15, 0.2) is 0 Å². The van der Waals surface area contributed by atoms with Gasteiger partial charge in [-0.05, 0) is 13.0 Å². The molecule has 0 aliphatic rings. The Morgan fingerprint density at radius 3 is 3.13 bits per heavy atom. The number of primary amides is 1. The van der Waals surface area contributed by atoms with Crippen LogP contribution in [0, 0.1) is 0 Å². The van der Waals surface area contributed by atoms with Crippen LogP contribution in [0.3, 0.4) is 0 Å². The van der Waals surface area contributed by atoms with Crippen LogP contribution < -0.4 is 11.1 Å². The number of nitrogens with zero attached hydrogens (tertiary/aromatic N) is 1. The first-order chi connectivity index (χ1) is 7.24. The fourth-order valence-corrected chi connectivity index (χ4v) is 2.73. The monoisotopic (exact) mass is 245 g/mol. The van der Waals surface area contributed by atoms with E-state index in [4.69, 9.17) is 5.73 Å². The van der Waals surface area contributed by atoms with Crippen molar-refractivity contribution in [3.05, 3.63) is 11.6 Å². The van der Waals surface area contributed by atoms with E-state index < -0.39 is 0 Å². The predicted molar refractivity (Wildman–Crippen MR) is 64.1 cm³/mol. The molecule has 3 N–H and O–H groups in total. The summed E-state index contributed by atoms with van der Waals surface area (Å²) in [6.07, 6.45) is 2.75. The summed E-state index contributed by atoms with van der Waals surface area (Å²) in [6.45, 7) is 2.87. The highest BCUT2D eigenvalue weighted by Crippen LogP contribution is 2.20. The van der Waals surface area contributed by atoms with E-state index in [0.29, 0.717) is 5.75 Å². The number of carbonyl (C=O) groups excluding carboxylic acids is 1. The van der Waals surface area contributed by atoms with Gasteiger partial charge in [-0.25, -0.2) is 4.98 Å². The third kappa shape index (κ3) is 4.63. The van der Waals surface area contributed by atoms with Gasteiger partial charge >= 0.3 is 0 Å². The molecule has 15 heavy (non-hydrogen) atoms. The molecule has 1 amide bonds. The summed E-state index contributed by atoms with van der Waals surface area (Å²) in [7, 11) is 0. The lowest BCUT2D eigenvalue weighted by molar-refractivity contribution is -0.119. The first-order valence-corrected chi connectivity index (χ1v) is 6.65. The van der Waals surface area contributed by atoms with Crippen LogP contribution in [0.1, 0.15) is 13.3 Å². The minimum Gasteiger partial charge on any atom is -0.368 e. The molecule has 0 fully saturated rings. The largest absolute Gasteiger partial charge is 0.368 e. The highest BCUT2D eigenvalue weighted by Gasteiger charge is 2.14. The van der Waals surface area contributed by atoms with Gasteiger partial charge in [-0.1, -0.05) is 18.7 Å². The van der Waals surface area contributed by atoms with E-state index in [2.05, 4.69) is 17.2 Å². The van der Waals surface area contributed by atoms with Crippen molar-refractivity contribution in [3.8, 4) is 0 Å². The number of aromatic nitrogens is 1. The molecule has 0 aromatic carbocycles. The molecule has 0 radical (unpaired) electrons. The molecule has 1 heterocycles. The van der Waals surface area contributed by atoms with Crippen LogP contribution >= 0.6 is 23.1 Å². The van der Waals surface area contributed by atoms with Crippen molar-refractivity contribution in [3.63, 3.8) is 0 Å². The van der Waals surface area contributed by atoms with Gasteiger partial charge in [-0.3, -0.25) is 4.79 Å². The summed E-state index contributed by atoms with van der Waals surface area (Å²) < 4.78 is 0.972. The molecular formula is C9H15N3OS2. The van der Waals surface area contributed by atoms with E-state index in [1.165, 1.54) is 0 Å². The zero-order valence-corrected chi connectivity index (χ0v) is 10.2. The summed E-state index contributed by atoms with van der Waals surface area (Å²) in [5, 5.41) is 5.03. The number of nitrogens with one attached hydrogen (secondary N) is 1. The molecule has 1 aromatic heterocycles. The lowest BCUT2D eigenvalue weighted by Gasteiger charge is -2.13. The molecular weight excluding hydrogens is 230 g/mol. The smallest absolute Gasteiger partial charge is 0.235 e. The average molecular weight is 245 g/mol. The second-order valence-corrected chi connectivity index (χ2v) is 5.18. The summed E-state index contributed by atoms with van der Waals surface area (Å²) in [5.41, 5.74) is 5.29. The molecule has 0 aliphatic carbocycles. The maximum Gasteiger partial charge on any atom is 0.235 e. The first kappa shape index (κ1) is 12.5. The molecule has 1 unspecified atom stereocenters. The zero-order chi connectivity index (χ0) is 11.1. The first-order valence-electron chi connectivity index (χ1n) is 4.79. The minimum absolute atomic E-state index is 0.265. The molecule has 0 bridgehead atoms. The van der Waals surface area contributed by atoms with Crippen molar-refractivity contribution in [2.45, 2.75) is 23.7 Å². The fourth-order valence-electron chi connectivity index (χ4n) is 0.996. The van der Waals surface area contributed by atoms with Crippen molar-refractivity contribution in [1.82, 2.24) is 10.3 Å². The third-order valence-corrected chi connectivity index (χ3v) is 3.83. The standard InChI is InChI=1S/C9H15N3OS2/c1-2-3-11-7(8(10)13)6-15-9-12-4-5-14-9/h4-5,7,11H,2-3,6H2,1H3,(H2,10,13). The van der Waals surface area contributed by atoms with Crippen LogP contribution in [0.5, 0.6) is 0 Å². The maximum absolute atomic E-state index is 11.1. The number of thiazole rings is 1. The number of hydrogen-bond acceptors (Lipinski definition) is 5. The summed E-state index contributed by atoms with van der Waals surface area (Å²) in [4.78, 5) is 15.2. The topological polar surface area (TPSA) is 68.0 Å². The molecule has 0 saturated carbocycles. The van der Waals surface area contributed by atoms with Crippen LogP contribution in [0.2, 0.25) is 0 Å². The molecule has 0 aliphatic heterocycles. The molecule has 0 saturated heterocycles. The van der Waals surface area contributed by atoms with E-state index in [9.17, 15) is 4.79 Å². The second kappa shape index (κ2) is 6.81. The molecule has 1 atom stereocenters. The van der Waals surface area contributed by atoms with Crippen molar-refractivity contribution in [2.24, 2.45) is 5.73 Å². The fraction of sp³-hybridized carbons (Fsp3) is 0.556. The Kier molecular flexibility index (Phi) is 5.67. The van der Waals surface area contributed by atoms with Gasteiger partial charge in [0, 0.05) is 17.3 Å². The van der Waals surface area contributed by atoms with Gasteiger partial charge in [0.2, 0.25) is 5.91 Å². The molecule has 0 spiro atoms. The maximum atomic E-state index is 11.1. The molecule has 4 nitrogen and oxygen atoms in total. The number of hydrogen-bond donors (Lipinski definition) is 2. The number of carbonyl (C=O) groups is 1. The summed E-state index contributed by atoms with van der Waals surface area (Å²) >= 11 is 3.13. The minimum atomic E-state index is -0.299. The van der Waals surface area contributed by atoms with E-state index in [1.54, 1.807) is 29.3 Å². The lowest BCUT2D eigenvalue weighted by atomic mass is 10.3. The van der Waals surface area contributed by atoms with Crippen LogP contribution in [0.25, 0.3) is 0 Å². The number of nitrogens with two attached hydrogens (primary N) is 1. The van der Waals surface area contributed by atoms with Crippen molar-refractivity contribution in [1.29, 1.82) is 0 Å². The number of thioether (sulfide) groups is 1. The third-order valence-electron chi connectivity index (χ3n) is 1.77. The average Bonchev–Trinajstić information content (AvgIpc) is 2.70. The summed E-state index contributed by atoms with van der Waals surface area (Å²) in [5.74, 6) is 0.343. The van der Waals surface area contributed by atoms with Crippen LogP contribution in [0.15, 0.2) is 15.9 Å². The Morgan fingerprint density at radius 2 is 2.60 bits per heavy atom. The van der Waals surface area contributed by atoms with E-state index in [1.807, 2.05) is 5.38 Å². The molecule has 6 heteroatoms. The van der Waals surface area contributed by atoms with E-state index in [-0.39, 0.29) is 11.9 Å². The van der Waals surface area contributed by atoms with Crippen molar-refractivity contribution in [2.75, 3.05) is 12.3 Å². The normalized spacial score (nSPS) is 12.6. The SMILES string of the molecule is CCCNC(CSc1nccs1)C(N)=O.